The molecule has 128 valence electrons. The van der Waals surface area contributed by atoms with Crippen LogP contribution in [0.3, 0.4) is 0 Å². The Labute approximate surface area is 141 Å². The molecule has 3 heterocycles. The Morgan fingerprint density at radius 1 is 1.42 bits per heavy atom. The highest BCUT2D eigenvalue weighted by molar-refractivity contribution is 6.08. The molecule has 7 nitrogen and oxygen atoms in total. The molecule has 2 aliphatic heterocycles. The average Bonchev–Trinajstić information content (AvgIpc) is 2.80. The molecule has 4 amide bonds. The minimum Gasteiger partial charge on any atom is -0.341 e. The third kappa shape index (κ3) is 2.86. The van der Waals surface area contributed by atoms with Gasteiger partial charge in [0.25, 0.3) is 5.91 Å². The van der Waals surface area contributed by atoms with Crippen LogP contribution in [0.15, 0.2) is 24.4 Å². The molecule has 0 aromatic carbocycles. The second-order valence-electron chi connectivity index (χ2n) is 6.75. The van der Waals surface area contributed by atoms with E-state index >= 15 is 0 Å². The minimum atomic E-state index is -1.23. The normalized spacial score (nSPS) is 27.3. The third-order valence-electron chi connectivity index (χ3n) is 4.76. The van der Waals surface area contributed by atoms with E-state index in [1.807, 2.05) is 0 Å². The second-order valence-corrected chi connectivity index (χ2v) is 6.75. The molecule has 3 rings (SSSR count). The van der Waals surface area contributed by atoms with E-state index in [2.05, 4.69) is 17.2 Å². The number of likely N-dealkylation sites (tertiary alicyclic amines) is 1. The van der Waals surface area contributed by atoms with Crippen molar-refractivity contribution >= 4 is 17.8 Å². The number of nitrogens with zero attached hydrogens (tertiary/aromatic N) is 3. The van der Waals surface area contributed by atoms with Gasteiger partial charge in [-0.25, -0.2) is 4.79 Å². The van der Waals surface area contributed by atoms with Gasteiger partial charge in [-0.2, -0.15) is 0 Å². The number of amides is 4. The van der Waals surface area contributed by atoms with Crippen LogP contribution < -0.4 is 5.32 Å². The van der Waals surface area contributed by atoms with Gasteiger partial charge in [0, 0.05) is 19.3 Å². The Morgan fingerprint density at radius 3 is 2.88 bits per heavy atom. The highest BCUT2D eigenvalue weighted by atomic mass is 16.2. The van der Waals surface area contributed by atoms with E-state index in [4.69, 9.17) is 0 Å². The van der Waals surface area contributed by atoms with Crippen LogP contribution in [0.5, 0.6) is 0 Å². The molecule has 1 aromatic heterocycles. The van der Waals surface area contributed by atoms with Gasteiger partial charge in [-0.1, -0.05) is 13.0 Å². The number of nitrogens with one attached hydrogen (secondary N) is 1. The van der Waals surface area contributed by atoms with Crippen LogP contribution in [-0.4, -0.2) is 52.3 Å². The van der Waals surface area contributed by atoms with Gasteiger partial charge in [0.05, 0.1) is 5.69 Å². The fourth-order valence-corrected chi connectivity index (χ4v) is 3.32. The Kier molecular flexibility index (Phi) is 4.26. The minimum absolute atomic E-state index is 0.185. The number of imide groups is 1. The lowest BCUT2D eigenvalue weighted by atomic mass is 9.97. The van der Waals surface area contributed by atoms with E-state index in [1.165, 1.54) is 0 Å². The van der Waals surface area contributed by atoms with Crippen LogP contribution in [0.4, 0.5) is 4.79 Å². The zero-order valence-electron chi connectivity index (χ0n) is 14.0. The smallest absolute Gasteiger partial charge is 0.325 e. The number of urea groups is 1. The van der Waals surface area contributed by atoms with Crippen LogP contribution in [0.1, 0.15) is 32.4 Å². The van der Waals surface area contributed by atoms with Gasteiger partial charge in [0.1, 0.15) is 6.54 Å². The molecule has 0 aliphatic carbocycles. The number of rotatable bonds is 3. The summed E-state index contributed by atoms with van der Waals surface area (Å²) in [5, 5.41) is 2.67. The molecule has 2 saturated heterocycles. The van der Waals surface area contributed by atoms with Crippen molar-refractivity contribution in [2.75, 3.05) is 19.6 Å². The van der Waals surface area contributed by atoms with E-state index in [0.29, 0.717) is 24.7 Å². The highest BCUT2D eigenvalue weighted by Gasteiger charge is 2.50. The Balaban J connectivity index is 1.74. The fourth-order valence-electron chi connectivity index (χ4n) is 3.32. The Hall–Kier alpha value is -2.44. The maximum Gasteiger partial charge on any atom is 0.325 e. The van der Waals surface area contributed by atoms with Crippen LogP contribution in [-0.2, 0) is 15.1 Å². The van der Waals surface area contributed by atoms with Gasteiger partial charge in [-0.05, 0) is 37.8 Å². The summed E-state index contributed by atoms with van der Waals surface area (Å²) < 4.78 is 0. The lowest BCUT2D eigenvalue weighted by Crippen LogP contribution is -2.47. The average molecular weight is 330 g/mol. The van der Waals surface area contributed by atoms with Crippen molar-refractivity contribution in [2.24, 2.45) is 5.92 Å². The van der Waals surface area contributed by atoms with Crippen molar-refractivity contribution < 1.29 is 14.4 Å². The molecule has 0 saturated carbocycles. The molecule has 2 fully saturated rings. The van der Waals surface area contributed by atoms with Gasteiger partial charge in [-0.15, -0.1) is 0 Å². The zero-order valence-corrected chi connectivity index (χ0v) is 14.0. The lowest BCUT2D eigenvalue weighted by Gasteiger charge is -2.31. The summed E-state index contributed by atoms with van der Waals surface area (Å²) in [7, 11) is 0. The number of hydrogen-bond donors (Lipinski definition) is 1. The van der Waals surface area contributed by atoms with Gasteiger partial charge >= 0.3 is 6.03 Å². The molecule has 2 atom stereocenters. The summed E-state index contributed by atoms with van der Waals surface area (Å²) >= 11 is 0. The van der Waals surface area contributed by atoms with E-state index < -0.39 is 17.5 Å². The predicted molar refractivity (Wildman–Crippen MR) is 86.8 cm³/mol. The number of carbonyl (C=O) groups excluding carboxylic acids is 3. The maximum atomic E-state index is 12.8. The lowest BCUT2D eigenvalue weighted by molar-refractivity contribution is -0.139. The number of pyridine rings is 1. The Morgan fingerprint density at radius 2 is 2.21 bits per heavy atom. The predicted octanol–water partition coefficient (Wildman–Crippen LogP) is 1.11. The SMILES string of the molecule is C[C@@H]1CCCN(C(=O)CN2C(=O)N[C@](C)(c3ccccn3)C2=O)C1. The largest absolute Gasteiger partial charge is 0.341 e. The first-order valence-electron chi connectivity index (χ1n) is 8.25. The third-order valence-corrected chi connectivity index (χ3v) is 4.76. The molecular formula is C17H22N4O3. The first-order valence-corrected chi connectivity index (χ1v) is 8.25. The van der Waals surface area contributed by atoms with E-state index in [9.17, 15) is 14.4 Å². The molecule has 0 unspecified atom stereocenters. The van der Waals surface area contributed by atoms with Crippen LogP contribution in [0.2, 0.25) is 0 Å². The van der Waals surface area contributed by atoms with Crippen molar-refractivity contribution in [3.8, 4) is 0 Å². The van der Waals surface area contributed by atoms with E-state index in [0.717, 1.165) is 17.7 Å². The van der Waals surface area contributed by atoms with Crippen LogP contribution >= 0.6 is 0 Å². The summed E-state index contributed by atoms with van der Waals surface area (Å²) in [5.74, 6) is -0.176. The van der Waals surface area contributed by atoms with Crippen molar-refractivity contribution in [3.63, 3.8) is 0 Å². The first kappa shape index (κ1) is 16.4. The van der Waals surface area contributed by atoms with Crippen molar-refractivity contribution in [1.29, 1.82) is 0 Å². The molecule has 7 heteroatoms. The van der Waals surface area contributed by atoms with Gasteiger partial charge in [0.2, 0.25) is 5.91 Å². The molecule has 1 N–H and O–H groups in total. The zero-order chi connectivity index (χ0) is 17.3. The van der Waals surface area contributed by atoms with Gasteiger partial charge in [-0.3, -0.25) is 19.5 Å². The topological polar surface area (TPSA) is 82.6 Å². The van der Waals surface area contributed by atoms with Crippen LogP contribution in [0, 0.1) is 5.92 Å². The summed E-state index contributed by atoms with van der Waals surface area (Å²) in [6, 6.07) is 4.64. The molecule has 1 aromatic rings. The van der Waals surface area contributed by atoms with Crippen LogP contribution in [0.25, 0.3) is 0 Å². The van der Waals surface area contributed by atoms with Gasteiger partial charge < -0.3 is 10.2 Å². The molecular weight excluding hydrogens is 308 g/mol. The summed E-state index contributed by atoms with van der Waals surface area (Å²) in [6.45, 7) is 4.86. The molecule has 24 heavy (non-hydrogen) atoms. The summed E-state index contributed by atoms with van der Waals surface area (Å²) in [6.07, 6.45) is 3.63. The van der Waals surface area contributed by atoms with E-state index in [-0.39, 0.29) is 12.5 Å². The van der Waals surface area contributed by atoms with Crippen molar-refractivity contribution in [1.82, 2.24) is 20.1 Å². The maximum absolute atomic E-state index is 12.8. The second kappa shape index (κ2) is 6.22. The van der Waals surface area contributed by atoms with Gasteiger partial charge in [0.15, 0.2) is 5.54 Å². The standard InChI is InChI=1S/C17H22N4O3/c1-12-6-5-9-20(10-12)14(22)11-21-15(23)17(2,19-16(21)24)13-7-3-4-8-18-13/h3-4,7-8,12H,5-6,9-11H2,1-2H3,(H,19,24)/t12-,17-/m1/s1. The fraction of sp³-hybridized carbons (Fsp3) is 0.529. The van der Waals surface area contributed by atoms with Crippen molar-refractivity contribution in [3.05, 3.63) is 30.1 Å². The number of hydrogen-bond acceptors (Lipinski definition) is 4. The number of carbonyl (C=O) groups is 3. The monoisotopic (exact) mass is 330 g/mol. The molecule has 0 spiro atoms. The molecule has 0 radical (unpaired) electrons. The van der Waals surface area contributed by atoms with Crippen molar-refractivity contribution in [2.45, 2.75) is 32.2 Å². The van der Waals surface area contributed by atoms with E-state index in [1.54, 1.807) is 36.2 Å². The summed E-state index contributed by atoms with van der Waals surface area (Å²) in [4.78, 5) is 44.4. The highest BCUT2D eigenvalue weighted by Crippen LogP contribution is 2.27. The molecule has 0 bridgehead atoms. The quantitative estimate of drug-likeness (QED) is 0.842. The first-order chi connectivity index (χ1) is 11.4. The summed E-state index contributed by atoms with van der Waals surface area (Å²) in [5.41, 5.74) is -0.765. The molecule has 2 aliphatic rings. The number of piperidine rings is 1. The Bertz CT molecular complexity index is 663. The number of aromatic nitrogens is 1.